The summed E-state index contributed by atoms with van der Waals surface area (Å²) in [5, 5.41) is 6.87. The number of likely N-dealkylation sites (tertiary alicyclic amines) is 1. The van der Waals surface area contributed by atoms with Crippen LogP contribution in [0.15, 0.2) is 6.20 Å². The topological polar surface area (TPSA) is 76.5 Å². The molecule has 1 unspecified atom stereocenters. The molecule has 2 rings (SSSR count). The quantitative estimate of drug-likeness (QED) is 0.854. The van der Waals surface area contributed by atoms with Crippen LogP contribution in [0.25, 0.3) is 0 Å². The van der Waals surface area contributed by atoms with Gasteiger partial charge in [0.25, 0.3) is 5.91 Å². The summed E-state index contributed by atoms with van der Waals surface area (Å²) in [6.45, 7) is 2.56. The molecule has 1 atom stereocenters. The summed E-state index contributed by atoms with van der Waals surface area (Å²) in [5.41, 5.74) is 0.256. The second-order valence-corrected chi connectivity index (χ2v) is 5.44. The Morgan fingerprint density at radius 2 is 2.24 bits per heavy atom. The van der Waals surface area contributed by atoms with Crippen LogP contribution < -0.4 is 5.32 Å². The van der Waals surface area contributed by atoms with Gasteiger partial charge >= 0.3 is 0 Å². The first kappa shape index (κ1) is 15.5. The van der Waals surface area contributed by atoms with Crippen LogP contribution in [0.3, 0.4) is 0 Å². The number of carbonyl (C=O) groups is 2. The van der Waals surface area contributed by atoms with Crippen LogP contribution in [0.1, 0.15) is 28.9 Å². The Morgan fingerprint density at radius 1 is 1.52 bits per heavy atom. The maximum Gasteiger partial charge on any atom is 0.275 e. The van der Waals surface area contributed by atoms with Gasteiger partial charge in [-0.1, -0.05) is 0 Å². The van der Waals surface area contributed by atoms with E-state index in [1.54, 1.807) is 29.9 Å². The summed E-state index contributed by atoms with van der Waals surface area (Å²) in [6.07, 6.45) is 3.16. The standard InChI is InChI=1S/C14H22N4O3/c1-10-8-17(3)16-11(10)12(19)18-7-5-6-14(18,9-21-4)13(20)15-2/h8H,5-7,9H2,1-4H3,(H,15,20). The van der Waals surface area contributed by atoms with E-state index in [0.29, 0.717) is 18.7 Å². The number of aryl methyl sites for hydroxylation is 2. The van der Waals surface area contributed by atoms with E-state index in [0.717, 1.165) is 12.0 Å². The van der Waals surface area contributed by atoms with Crippen LogP contribution in [0.4, 0.5) is 0 Å². The van der Waals surface area contributed by atoms with Gasteiger partial charge in [-0.3, -0.25) is 14.3 Å². The molecule has 1 aromatic heterocycles. The molecule has 1 fully saturated rings. The van der Waals surface area contributed by atoms with Crippen LogP contribution in [0.2, 0.25) is 0 Å². The summed E-state index contributed by atoms with van der Waals surface area (Å²) < 4.78 is 6.83. The largest absolute Gasteiger partial charge is 0.382 e. The van der Waals surface area contributed by atoms with Gasteiger partial charge in [-0.05, 0) is 19.8 Å². The highest BCUT2D eigenvalue weighted by molar-refractivity contribution is 5.99. The molecule has 0 saturated carbocycles. The number of hydrogen-bond donors (Lipinski definition) is 1. The Labute approximate surface area is 124 Å². The number of methoxy groups -OCH3 is 1. The van der Waals surface area contributed by atoms with Gasteiger partial charge < -0.3 is 15.0 Å². The smallest absolute Gasteiger partial charge is 0.275 e. The molecule has 2 amide bonds. The Balaban J connectivity index is 2.38. The van der Waals surface area contributed by atoms with Gasteiger partial charge in [0.15, 0.2) is 5.69 Å². The van der Waals surface area contributed by atoms with E-state index < -0.39 is 5.54 Å². The van der Waals surface area contributed by atoms with Gasteiger partial charge in [-0.15, -0.1) is 0 Å². The van der Waals surface area contributed by atoms with Crippen molar-refractivity contribution in [1.82, 2.24) is 20.0 Å². The molecule has 0 aliphatic carbocycles. The Kier molecular flexibility index (Phi) is 4.32. The van der Waals surface area contributed by atoms with E-state index in [9.17, 15) is 9.59 Å². The van der Waals surface area contributed by atoms with Gasteiger partial charge in [0, 0.05) is 39.5 Å². The van der Waals surface area contributed by atoms with E-state index >= 15 is 0 Å². The summed E-state index contributed by atoms with van der Waals surface area (Å²) in [5.74, 6) is -0.407. The third kappa shape index (κ3) is 2.53. The molecule has 2 heterocycles. The van der Waals surface area contributed by atoms with Gasteiger partial charge in [0.2, 0.25) is 5.91 Å². The minimum atomic E-state index is -0.940. The molecule has 0 radical (unpaired) electrons. The number of ether oxygens (including phenoxy) is 1. The van der Waals surface area contributed by atoms with Crippen molar-refractivity contribution >= 4 is 11.8 Å². The molecule has 1 aliphatic rings. The van der Waals surface area contributed by atoms with E-state index in [2.05, 4.69) is 10.4 Å². The second kappa shape index (κ2) is 5.85. The average molecular weight is 294 g/mol. The molecule has 7 nitrogen and oxygen atoms in total. The van der Waals surface area contributed by atoms with E-state index in [1.807, 2.05) is 6.92 Å². The van der Waals surface area contributed by atoms with Crippen molar-refractivity contribution in [3.05, 3.63) is 17.5 Å². The first-order chi connectivity index (χ1) is 9.96. The summed E-state index contributed by atoms with van der Waals surface area (Å²) in [6, 6.07) is 0. The number of rotatable bonds is 4. The molecular formula is C14H22N4O3. The molecule has 0 bridgehead atoms. The van der Waals surface area contributed by atoms with Crippen LogP contribution in [-0.2, 0) is 16.6 Å². The molecule has 0 aromatic carbocycles. The molecular weight excluding hydrogens is 272 g/mol. The number of nitrogens with one attached hydrogen (secondary N) is 1. The predicted molar refractivity (Wildman–Crippen MR) is 76.9 cm³/mol. The number of amides is 2. The van der Waals surface area contributed by atoms with Crippen LogP contribution in [0, 0.1) is 6.92 Å². The lowest BCUT2D eigenvalue weighted by Gasteiger charge is -2.35. The zero-order chi connectivity index (χ0) is 15.6. The van der Waals surface area contributed by atoms with Crippen molar-refractivity contribution in [3.8, 4) is 0 Å². The molecule has 21 heavy (non-hydrogen) atoms. The summed E-state index contributed by atoms with van der Waals surface area (Å²) in [4.78, 5) is 26.8. The molecule has 7 heteroatoms. The maximum absolute atomic E-state index is 12.8. The van der Waals surface area contributed by atoms with Crippen molar-refractivity contribution in [3.63, 3.8) is 0 Å². The van der Waals surface area contributed by atoms with Gasteiger partial charge in [0.05, 0.1) is 6.61 Å². The SMILES string of the molecule is CNC(=O)C1(COC)CCCN1C(=O)c1nn(C)cc1C. The van der Waals surface area contributed by atoms with Crippen molar-refractivity contribution in [2.24, 2.45) is 7.05 Å². The van der Waals surface area contributed by atoms with E-state index in [1.165, 1.54) is 7.11 Å². The van der Waals surface area contributed by atoms with Crippen molar-refractivity contribution in [2.75, 3.05) is 27.3 Å². The zero-order valence-electron chi connectivity index (χ0n) is 13.0. The second-order valence-electron chi connectivity index (χ2n) is 5.44. The summed E-state index contributed by atoms with van der Waals surface area (Å²) >= 11 is 0. The normalized spacial score (nSPS) is 21.6. The van der Waals surface area contributed by atoms with Gasteiger partial charge in [-0.25, -0.2) is 0 Å². The first-order valence-corrected chi connectivity index (χ1v) is 6.99. The highest BCUT2D eigenvalue weighted by Crippen LogP contribution is 2.31. The number of aromatic nitrogens is 2. The fourth-order valence-corrected chi connectivity index (χ4v) is 3.04. The Bertz CT molecular complexity index is 554. The monoisotopic (exact) mass is 294 g/mol. The third-order valence-electron chi connectivity index (χ3n) is 3.98. The molecule has 116 valence electrons. The Morgan fingerprint density at radius 3 is 2.76 bits per heavy atom. The van der Waals surface area contributed by atoms with Crippen molar-refractivity contribution < 1.29 is 14.3 Å². The molecule has 0 spiro atoms. The number of nitrogens with zero attached hydrogens (tertiary/aromatic N) is 3. The minimum Gasteiger partial charge on any atom is -0.382 e. The van der Waals surface area contributed by atoms with Gasteiger partial charge in [-0.2, -0.15) is 5.10 Å². The number of carbonyl (C=O) groups excluding carboxylic acids is 2. The molecule has 1 aromatic rings. The van der Waals surface area contributed by atoms with Crippen LogP contribution in [-0.4, -0.2) is 59.3 Å². The molecule has 1 aliphatic heterocycles. The highest BCUT2D eigenvalue weighted by Gasteiger charge is 2.50. The average Bonchev–Trinajstić information content (AvgIpc) is 3.02. The van der Waals surface area contributed by atoms with Crippen molar-refractivity contribution in [1.29, 1.82) is 0 Å². The van der Waals surface area contributed by atoms with Crippen molar-refractivity contribution in [2.45, 2.75) is 25.3 Å². The number of likely N-dealkylation sites (N-methyl/N-ethyl adjacent to an activating group) is 1. The van der Waals surface area contributed by atoms with Crippen LogP contribution in [0.5, 0.6) is 0 Å². The van der Waals surface area contributed by atoms with Crippen LogP contribution >= 0.6 is 0 Å². The lowest BCUT2D eigenvalue weighted by Crippen LogP contribution is -2.59. The molecule has 1 N–H and O–H groups in total. The fourth-order valence-electron chi connectivity index (χ4n) is 3.04. The zero-order valence-corrected chi connectivity index (χ0v) is 13.0. The maximum atomic E-state index is 12.8. The third-order valence-corrected chi connectivity index (χ3v) is 3.98. The molecule has 1 saturated heterocycles. The highest BCUT2D eigenvalue weighted by atomic mass is 16.5. The van der Waals surface area contributed by atoms with E-state index in [4.69, 9.17) is 4.74 Å². The van der Waals surface area contributed by atoms with E-state index in [-0.39, 0.29) is 18.4 Å². The number of hydrogen-bond acceptors (Lipinski definition) is 4. The lowest BCUT2D eigenvalue weighted by molar-refractivity contribution is -0.133. The first-order valence-electron chi connectivity index (χ1n) is 6.99. The predicted octanol–water partition coefficient (Wildman–Crippen LogP) is 0.0957. The fraction of sp³-hybridized carbons (Fsp3) is 0.643. The lowest BCUT2D eigenvalue weighted by atomic mass is 9.95. The summed E-state index contributed by atoms with van der Waals surface area (Å²) in [7, 11) is 4.89. The minimum absolute atomic E-state index is 0.185. The van der Waals surface area contributed by atoms with Gasteiger partial charge in [0.1, 0.15) is 5.54 Å². The Hall–Kier alpha value is -1.89.